The first kappa shape index (κ1) is 14.4. The van der Waals surface area contributed by atoms with Gasteiger partial charge in [-0.1, -0.05) is 31.2 Å². The van der Waals surface area contributed by atoms with Gasteiger partial charge in [0.15, 0.2) is 0 Å². The summed E-state index contributed by atoms with van der Waals surface area (Å²) in [5.74, 6) is 2.31. The van der Waals surface area contributed by atoms with Gasteiger partial charge in [0.2, 0.25) is 5.88 Å². The highest BCUT2D eigenvalue weighted by Gasteiger charge is 2.11. The molecule has 0 spiro atoms. The maximum Gasteiger partial charge on any atom is 0.221 e. The second-order valence-electron chi connectivity index (χ2n) is 5.80. The van der Waals surface area contributed by atoms with Crippen molar-refractivity contribution in [1.29, 1.82) is 0 Å². The molecule has 0 aliphatic rings. The molecule has 0 aliphatic heterocycles. The summed E-state index contributed by atoms with van der Waals surface area (Å²) in [6.07, 6.45) is 0.941. The van der Waals surface area contributed by atoms with E-state index in [0.29, 0.717) is 5.88 Å². The van der Waals surface area contributed by atoms with Gasteiger partial charge in [-0.3, -0.25) is 0 Å². The molecule has 0 bridgehead atoms. The lowest BCUT2D eigenvalue weighted by Gasteiger charge is -2.21. The van der Waals surface area contributed by atoms with Crippen LogP contribution in [0.15, 0.2) is 42.5 Å². The molecular weight excluding hydrogens is 248 g/mol. The number of benzene rings is 1. The van der Waals surface area contributed by atoms with Crippen LogP contribution in [0.3, 0.4) is 0 Å². The highest BCUT2D eigenvalue weighted by molar-refractivity contribution is 5.41. The Kier molecular flexibility index (Phi) is 4.28. The third-order valence-electron chi connectivity index (χ3n) is 2.79. The SMILES string of the molecule is CCc1ccccc1Oc1cccc(NC(C)(C)C)n1. The van der Waals surface area contributed by atoms with Gasteiger partial charge in [0.25, 0.3) is 0 Å². The van der Waals surface area contributed by atoms with Gasteiger partial charge >= 0.3 is 0 Å². The molecule has 1 aromatic carbocycles. The summed E-state index contributed by atoms with van der Waals surface area (Å²) in [6.45, 7) is 8.44. The van der Waals surface area contributed by atoms with E-state index in [2.05, 4.69) is 44.1 Å². The zero-order valence-electron chi connectivity index (χ0n) is 12.6. The largest absolute Gasteiger partial charge is 0.439 e. The zero-order valence-corrected chi connectivity index (χ0v) is 12.6. The Bertz CT molecular complexity index is 573. The standard InChI is InChI=1S/C17H22N2O/c1-5-13-9-6-7-10-14(13)20-16-12-8-11-15(18-16)19-17(2,3)4/h6-12H,5H2,1-4H3,(H,18,19). The molecule has 3 heteroatoms. The molecule has 0 fully saturated rings. The van der Waals surface area contributed by atoms with Crippen molar-refractivity contribution in [2.75, 3.05) is 5.32 Å². The monoisotopic (exact) mass is 270 g/mol. The number of aryl methyl sites for hydroxylation is 1. The average molecular weight is 270 g/mol. The Morgan fingerprint density at radius 2 is 1.80 bits per heavy atom. The van der Waals surface area contributed by atoms with Crippen LogP contribution in [0, 0.1) is 0 Å². The van der Waals surface area contributed by atoms with Crippen LogP contribution >= 0.6 is 0 Å². The van der Waals surface area contributed by atoms with Crippen LogP contribution in [0.25, 0.3) is 0 Å². The second kappa shape index (κ2) is 5.95. The normalized spacial score (nSPS) is 11.2. The lowest BCUT2D eigenvalue weighted by molar-refractivity contribution is 0.457. The third-order valence-corrected chi connectivity index (χ3v) is 2.79. The minimum atomic E-state index is -0.0209. The fraction of sp³-hybridized carbons (Fsp3) is 0.353. The highest BCUT2D eigenvalue weighted by atomic mass is 16.5. The quantitative estimate of drug-likeness (QED) is 0.878. The van der Waals surface area contributed by atoms with Gasteiger partial charge in [0.1, 0.15) is 11.6 Å². The van der Waals surface area contributed by atoms with Crippen molar-refractivity contribution in [3.63, 3.8) is 0 Å². The van der Waals surface area contributed by atoms with Crippen LogP contribution in [0.1, 0.15) is 33.3 Å². The summed E-state index contributed by atoms with van der Waals surface area (Å²) in [6, 6.07) is 13.8. The number of pyridine rings is 1. The summed E-state index contributed by atoms with van der Waals surface area (Å²) in [5, 5.41) is 3.34. The molecule has 1 N–H and O–H groups in total. The number of anilines is 1. The smallest absolute Gasteiger partial charge is 0.221 e. The number of ether oxygens (including phenoxy) is 1. The Balaban J connectivity index is 2.19. The lowest BCUT2D eigenvalue weighted by Crippen LogP contribution is -2.26. The molecule has 0 saturated heterocycles. The highest BCUT2D eigenvalue weighted by Crippen LogP contribution is 2.25. The Morgan fingerprint density at radius 3 is 2.50 bits per heavy atom. The van der Waals surface area contributed by atoms with E-state index >= 15 is 0 Å². The van der Waals surface area contributed by atoms with E-state index in [1.807, 2.05) is 36.4 Å². The van der Waals surface area contributed by atoms with Crippen LogP contribution in [0.4, 0.5) is 5.82 Å². The summed E-state index contributed by atoms with van der Waals surface area (Å²) in [4.78, 5) is 4.50. The fourth-order valence-electron chi connectivity index (χ4n) is 1.93. The van der Waals surface area contributed by atoms with Crippen molar-refractivity contribution < 1.29 is 4.74 Å². The number of nitrogens with one attached hydrogen (secondary N) is 1. The van der Waals surface area contributed by atoms with E-state index < -0.39 is 0 Å². The molecule has 2 aromatic rings. The van der Waals surface area contributed by atoms with E-state index in [0.717, 1.165) is 18.0 Å². The summed E-state index contributed by atoms with van der Waals surface area (Å²) < 4.78 is 5.90. The summed E-state index contributed by atoms with van der Waals surface area (Å²) in [5.41, 5.74) is 1.16. The number of hydrogen-bond donors (Lipinski definition) is 1. The fourth-order valence-corrected chi connectivity index (χ4v) is 1.93. The van der Waals surface area contributed by atoms with Crippen molar-refractivity contribution in [2.24, 2.45) is 0 Å². The van der Waals surface area contributed by atoms with Gasteiger partial charge < -0.3 is 10.1 Å². The van der Waals surface area contributed by atoms with E-state index in [9.17, 15) is 0 Å². The molecule has 0 unspecified atom stereocenters. The summed E-state index contributed by atoms with van der Waals surface area (Å²) >= 11 is 0. The van der Waals surface area contributed by atoms with Crippen molar-refractivity contribution >= 4 is 5.82 Å². The van der Waals surface area contributed by atoms with Gasteiger partial charge in [-0.2, -0.15) is 4.98 Å². The third kappa shape index (κ3) is 3.98. The van der Waals surface area contributed by atoms with E-state index in [1.54, 1.807) is 0 Å². The molecule has 0 atom stereocenters. The second-order valence-corrected chi connectivity index (χ2v) is 5.80. The van der Waals surface area contributed by atoms with Crippen molar-refractivity contribution in [2.45, 2.75) is 39.7 Å². The minimum absolute atomic E-state index is 0.0209. The predicted molar refractivity (Wildman–Crippen MR) is 83.5 cm³/mol. The number of aromatic nitrogens is 1. The topological polar surface area (TPSA) is 34.1 Å². The molecule has 20 heavy (non-hydrogen) atoms. The van der Waals surface area contributed by atoms with Crippen LogP contribution in [0.5, 0.6) is 11.6 Å². The molecule has 1 heterocycles. The molecule has 0 radical (unpaired) electrons. The lowest BCUT2D eigenvalue weighted by atomic mass is 10.1. The molecule has 3 nitrogen and oxygen atoms in total. The van der Waals surface area contributed by atoms with Crippen LogP contribution in [-0.4, -0.2) is 10.5 Å². The zero-order chi connectivity index (χ0) is 14.6. The van der Waals surface area contributed by atoms with Crippen LogP contribution in [0.2, 0.25) is 0 Å². The van der Waals surface area contributed by atoms with Crippen LogP contribution < -0.4 is 10.1 Å². The Hall–Kier alpha value is -2.03. The number of rotatable bonds is 4. The Labute approximate surface area is 121 Å². The predicted octanol–water partition coefficient (Wildman–Crippen LogP) is 4.65. The first-order valence-corrected chi connectivity index (χ1v) is 6.99. The van der Waals surface area contributed by atoms with Gasteiger partial charge in [-0.15, -0.1) is 0 Å². The van der Waals surface area contributed by atoms with Gasteiger partial charge in [-0.05, 0) is 44.9 Å². The molecule has 0 amide bonds. The van der Waals surface area contributed by atoms with E-state index in [4.69, 9.17) is 4.74 Å². The number of para-hydroxylation sites is 1. The Morgan fingerprint density at radius 1 is 1.05 bits per heavy atom. The number of nitrogens with zero attached hydrogens (tertiary/aromatic N) is 1. The molecular formula is C17H22N2O. The van der Waals surface area contributed by atoms with E-state index in [-0.39, 0.29) is 5.54 Å². The average Bonchev–Trinajstić information content (AvgIpc) is 2.38. The number of hydrogen-bond acceptors (Lipinski definition) is 3. The maximum absolute atomic E-state index is 5.90. The molecule has 2 rings (SSSR count). The van der Waals surface area contributed by atoms with Gasteiger partial charge in [0.05, 0.1) is 0 Å². The first-order valence-electron chi connectivity index (χ1n) is 6.99. The van der Waals surface area contributed by atoms with Crippen molar-refractivity contribution in [3.8, 4) is 11.6 Å². The molecule has 0 aliphatic carbocycles. The summed E-state index contributed by atoms with van der Waals surface area (Å²) in [7, 11) is 0. The first-order chi connectivity index (χ1) is 9.48. The van der Waals surface area contributed by atoms with Crippen LogP contribution in [-0.2, 0) is 6.42 Å². The van der Waals surface area contributed by atoms with Gasteiger partial charge in [-0.25, -0.2) is 0 Å². The molecule has 0 saturated carbocycles. The molecule has 1 aromatic heterocycles. The van der Waals surface area contributed by atoms with Crippen molar-refractivity contribution in [1.82, 2.24) is 4.98 Å². The van der Waals surface area contributed by atoms with Gasteiger partial charge in [0, 0.05) is 11.6 Å². The minimum Gasteiger partial charge on any atom is -0.439 e. The van der Waals surface area contributed by atoms with Crippen molar-refractivity contribution in [3.05, 3.63) is 48.0 Å². The van der Waals surface area contributed by atoms with E-state index in [1.165, 1.54) is 5.56 Å². The molecule has 106 valence electrons. The maximum atomic E-state index is 5.90.